The number of carbonyl (C=O) groups is 2. The normalized spacial score (nSPS) is 10.2. The van der Waals surface area contributed by atoms with Crippen LogP contribution in [0.4, 0.5) is 11.4 Å². The molecule has 2 rings (SSSR count). The van der Waals surface area contributed by atoms with Crippen LogP contribution in [0, 0.1) is 17.0 Å². The zero-order valence-electron chi connectivity index (χ0n) is 14.0. The van der Waals surface area contributed by atoms with Crippen LogP contribution in [0.1, 0.15) is 39.6 Å². The number of para-hydroxylation sites is 1. The average Bonchev–Trinajstić information content (AvgIpc) is 2.60. The first-order valence-electron chi connectivity index (χ1n) is 7.87. The minimum absolute atomic E-state index is 0.123. The molecule has 0 spiro atoms. The van der Waals surface area contributed by atoms with E-state index in [1.807, 2.05) is 6.92 Å². The van der Waals surface area contributed by atoms with Gasteiger partial charge in [-0.3, -0.25) is 19.7 Å². The molecule has 2 aromatic rings. The van der Waals surface area contributed by atoms with Gasteiger partial charge in [-0.05, 0) is 31.5 Å². The van der Waals surface area contributed by atoms with Gasteiger partial charge in [0.25, 0.3) is 17.5 Å². The number of amides is 2. The van der Waals surface area contributed by atoms with Crippen LogP contribution < -0.4 is 10.6 Å². The molecule has 0 saturated carbocycles. The van der Waals surface area contributed by atoms with Gasteiger partial charge in [0.15, 0.2) is 0 Å². The van der Waals surface area contributed by atoms with Crippen molar-refractivity contribution in [2.75, 3.05) is 11.9 Å². The molecule has 25 heavy (non-hydrogen) atoms. The number of carbonyl (C=O) groups excluding carboxylic acids is 2. The first-order chi connectivity index (χ1) is 11.9. The Hall–Kier alpha value is -3.22. The van der Waals surface area contributed by atoms with E-state index in [0.29, 0.717) is 23.4 Å². The van der Waals surface area contributed by atoms with Gasteiger partial charge in [-0.15, -0.1) is 0 Å². The molecule has 2 amide bonds. The minimum atomic E-state index is -0.530. The van der Waals surface area contributed by atoms with Gasteiger partial charge in [-0.1, -0.05) is 25.1 Å². The van der Waals surface area contributed by atoms with Crippen molar-refractivity contribution in [3.8, 4) is 0 Å². The predicted molar refractivity (Wildman–Crippen MR) is 94.9 cm³/mol. The highest BCUT2D eigenvalue weighted by molar-refractivity contribution is 6.09. The molecule has 7 nitrogen and oxygen atoms in total. The Morgan fingerprint density at radius 1 is 1.12 bits per heavy atom. The van der Waals surface area contributed by atoms with Crippen molar-refractivity contribution in [2.24, 2.45) is 0 Å². The summed E-state index contributed by atoms with van der Waals surface area (Å²) in [6.45, 7) is 4.08. The lowest BCUT2D eigenvalue weighted by Crippen LogP contribution is -2.25. The second-order valence-corrected chi connectivity index (χ2v) is 5.51. The summed E-state index contributed by atoms with van der Waals surface area (Å²) in [4.78, 5) is 35.1. The maximum Gasteiger partial charge on any atom is 0.273 e. The van der Waals surface area contributed by atoms with Crippen LogP contribution in [0.2, 0.25) is 0 Å². The van der Waals surface area contributed by atoms with E-state index < -0.39 is 10.8 Å². The van der Waals surface area contributed by atoms with E-state index in [1.54, 1.807) is 31.2 Å². The fourth-order valence-electron chi connectivity index (χ4n) is 2.27. The van der Waals surface area contributed by atoms with Gasteiger partial charge >= 0.3 is 0 Å². The number of nitrogens with one attached hydrogen (secondary N) is 2. The maximum atomic E-state index is 12.4. The molecule has 2 aromatic carbocycles. The summed E-state index contributed by atoms with van der Waals surface area (Å²) in [7, 11) is 0. The molecule has 0 unspecified atom stereocenters. The lowest BCUT2D eigenvalue weighted by atomic mass is 10.1. The van der Waals surface area contributed by atoms with Crippen molar-refractivity contribution in [1.82, 2.24) is 5.32 Å². The SMILES string of the molecule is CCCNC(=O)c1ccccc1NC(=O)c1ccc(C)c([N+](=O)[O-])c1. The Balaban J connectivity index is 2.25. The van der Waals surface area contributed by atoms with Crippen LogP contribution in [-0.4, -0.2) is 23.3 Å². The van der Waals surface area contributed by atoms with Crippen molar-refractivity contribution < 1.29 is 14.5 Å². The average molecular weight is 341 g/mol. The zero-order valence-corrected chi connectivity index (χ0v) is 14.0. The molecule has 130 valence electrons. The summed E-state index contributed by atoms with van der Waals surface area (Å²) in [5.74, 6) is -0.800. The number of hydrogen-bond acceptors (Lipinski definition) is 4. The van der Waals surface area contributed by atoms with E-state index in [4.69, 9.17) is 0 Å². The second kappa shape index (κ2) is 8.05. The van der Waals surface area contributed by atoms with E-state index in [-0.39, 0.29) is 17.2 Å². The Kier molecular flexibility index (Phi) is 5.84. The zero-order chi connectivity index (χ0) is 18.4. The van der Waals surface area contributed by atoms with Crippen LogP contribution in [0.3, 0.4) is 0 Å². The lowest BCUT2D eigenvalue weighted by Gasteiger charge is -2.11. The third-order valence-electron chi connectivity index (χ3n) is 3.62. The van der Waals surface area contributed by atoms with E-state index >= 15 is 0 Å². The maximum absolute atomic E-state index is 12.4. The van der Waals surface area contributed by atoms with Crippen molar-refractivity contribution in [2.45, 2.75) is 20.3 Å². The first-order valence-corrected chi connectivity index (χ1v) is 7.87. The Morgan fingerprint density at radius 2 is 1.84 bits per heavy atom. The third kappa shape index (κ3) is 4.41. The summed E-state index contributed by atoms with van der Waals surface area (Å²) in [6.07, 6.45) is 0.799. The summed E-state index contributed by atoms with van der Waals surface area (Å²) in [5.41, 5.74) is 1.19. The molecule has 0 radical (unpaired) electrons. The number of nitrogens with zero attached hydrogens (tertiary/aromatic N) is 1. The van der Waals surface area contributed by atoms with E-state index in [9.17, 15) is 19.7 Å². The highest BCUT2D eigenvalue weighted by Gasteiger charge is 2.17. The number of rotatable bonds is 6. The third-order valence-corrected chi connectivity index (χ3v) is 3.62. The second-order valence-electron chi connectivity index (χ2n) is 5.51. The van der Waals surface area contributed by atoms with Crippen LogP contribution in [0.25, 0.3) is 0 Å². The molecule has 7 heteroatoms. The Morgan fingerprint density at radius 3 is 2.52 bits per heavy atom. The summed E-state index contributed by atoms with van der Waals surface area (Å²) in [6, 6.07) is 10.9. The standard InChI is InChI=1S/C18H19N3O4/c1-3-10-19-18(23)14-6-4-5-7-15(14)20-17(22)13-9-8-12(2)16(11-13)21(24)25/h4-9,11H,3,10H2,1-2H3,(H,19,23)(H,20,22). The minimum Gasteiger partial charge on any atom is -0.352 e. The van der Waals surface area contributed by atoms with Crippen molar-refractivity contribution in [3.63, 3.8) is 0 Å². The van der Waals surface area contributed by atoms with E-state index in [0.717, 1.165) is 6.42 Å². The monoisotopic (exact) mass is 341 g/mol. The van der Waals surface area contributed by atoms with Gasteiger partial charge in [0.2, 0.25) is 0 Å². The molecule has 0 aliphatic rings. The van der Waals surface area contributed by atoms with Gasteiger partial charge in [-0.2, -0.15) is 0 Å². The molecule has 0 heterocycles. The smallest absolute Gasteiger partial charge is 0.273 e. The molecule has 0 bridgehead atoms. The topological polar surface area (TPSA) is 101 Å². The van der Waals surface area contributed by atoms with Gasteiger partial charge in [0.05, 0.1) is 16.2 Å². The van der Waals surface area contributed by atoms with Crippen molar-refractivity contribution in [1.29, 1.82) is 0 Å². The summed E-state index contributed by atoms with van der Waals surface area (Å²) in [5, 5.41) is 16.4. The number of anilines is 1. The molecule has 0 saturated heterocycles. The summed E-state index contributed by atoms with van der Waals surface area (Å²) >= 11 is 0. The van der Waals surface area contributed by atoms with Crippen molar-refractivity contribution >= 4 is 23.2 Å². The molecule has 0 aliphatic heterocycles. The molecular formula is C18H19N3O4. The molecule has 0 atom stereocenters. The number of aryl methyl sites for hydroxylation is 1. The van der Waals surface area contributed by atoms with Crippen LogP contribution in [0.15, 0.2) is 42.5 Å². The molecule has 0 fully saturated rings. The number of hydrogen-bond donors (Lipinski definition) is 2. The first kappa shape index (κ1) is 18.1. The van der Waals surface area contributed by atoms with Crippen LogP contribution >= 0.6 is 0 Å². The van der Waals surface area contributed by atoms with Gasteiger partial charge in [-0.25, -0.2) is 0 Å². The quantitative estimate of drug-likeness (QED) is 0.622. The highest BCUT2D eigenvalue weighted by Crippen LogP contribution is 2.21. The van der Waals surface area contributed by atoms with Crippen LogP contribution in [-0.2, 0) is 0 Å². The fourth-order valence-corrected chi connectivity index (χ4v) is 2.27. The van der Waals surface area contributed by atoms with Crippen LogP contribution in [0.5, 0.6) is 0 Å². The molecular weight excluding hydrogens is 322 g/mol. The number of nitro groups is 1. The van der Waals surface area contributed by atoms with E-state index in [2.05, 4.69) is 10.6 Å². The van der Waals surface area contributed by atoms with E-state index in [1.165, 1.54) is 18.2 Å². The Bertz CT molecular complexity index is 818. The molecule has 0 aliphatic carbocycles. The van der Waals surface area contributed by atoms with Gasteiger partial charge < -0.3 is 10.6 Å². The predicted octanol–water partition coefficient (Wildman–Crippen LogP) is 3.30. The van der Waals surface area contributed by atoms with Gasteiger partial charge in [0, 0.05) is 23.7 Å². The Labute approximate surface area is 145 Å². The molecule has 2 N–H and O–H groups in total. The number of nitro benzene ring substituents is 1. The largest absolute Gasteiger partial charge is 0.352 e. The number of benzene rings is 2. The molecule has 0 aromatic heterocycles. The van der Waals surface area contributed by atoms with Crippen molar-refractivity contribution in [3.05, 3.63) is 69.3 Å². The summed E-state index contributed by atoms with van der Waals surface area (Å²) < 4.78 is 0. The highest BCUT2D eigenvalue weighted by atomic mass is 16.6. The fraction of sp³-hybridized carbons (Fsp3) is 0.222. The lowest BCUT2D eigenvalue weighted by molar-refractivity contribution is -0.385. The van der Waals surface area contributed by atoms with Gasteiger partial charge in [0.1, 0.15) is 0 Å².